The summed E-state index contributed by atoms with van der Waals surface area (Å²) in [5, 5.41) is 7.94. The quantitative estimate of drug-likeness (QED) is 0.774. The van der Waals surface area contributed by atoms with E-state index < -0.39 is 10.8 Å². The Kier molecular flexibility index (Phi) is 4.91. The molecule has 1 unspecified atom stereocenters. The number of piperidine rings is 1. The SMILES string of the molecule is CC(=O)NC1(C(=O)N2CCC3(CC2)OCCO3)NC(c2scnc2C)=CS1. The van der Waals surface area contributed by atoms with Gasteiger partial charge in [0.1, 0.15) is 0 Å². The Bertz CT molecular complexity index is 780. The first-order valence-corrected chi connectivity index (χ1v) is 10.6. The molecule has 1 aromatic heterocycles. The Morgan fingerprint density at radius 3 is 2.59 bits per heavy atom. The van der Waals surface area contributed by atoms with E-state index >= 15 is 0 Å². The third-order valence-electron chi connectivity index (χ3n) is 4.93. The first kappa shape index (κ1) is 18.7. The van der Waals surface area contributed by atoms with Crippen LogP contribution in [0, 0.1) is 6.92 Å². The molecule has 0 aromatic carbocycles. The number of rotatable bonds is 3. The van der Waals surface area contributed by atoms with Gasteiger partial charge in [-0.25, -0.2) is 4.98 Å². The summed E-state index contributed by atoms with van der Waals surface area (Å²) >= 11 is 2.78. The molecule has 2 N–H and O–H groups in total. The van der Waals surface area contributed by atoms with Gasteiger partial charge >= 0.3 is 0 Å². The Labute approximate surface area is 165 Å². The van der Waals surface area contributed by atoms with Gasteiger partial charge in [-0.1, -0.05) is 11.8 Å². The lowest BCUT2D eigenvalue weighted by Crippen LogP contribution is -2.64. The highest BCUT2D eigenvalue weighted by Gasteiger charge is 2.49. The number of thioether (sulfide) groups is 1. The monoisotopic (exact) mass is 410 g/mol. The first-order chi connectivity index (χ1) is 12.9. The van der Waals surface area contributed by atoms with Crippen molar-refractivity contribution in [3.63, 3.8) is 0 Å². The van der Waals surface area contributed by atoms with E-state index in [1.165, 1.54) is 30.0 Å². The summed E-state index contributed by atoms with van der Waals surface area (Å²) in [6.45, 7) is 5.59. The zero-order chi connectivity index (χ0) is 19.1. The van der Waals surface area contributed by atoms with Gasteiger partial charge in [0.25, 0.3) is 5.91 Å². The second-order valence-electron chi connectivity index (χ2n) is 6.80. The number of hydrogen-bond acceptors (Lipinski definition) is 8. The maximum atomic E-state index is 13.4. The summed E-state index contributed by atoms with van der Waals surface area (Å²) < 4.78 is 11.5. The fraction of sp³-hybridized carbons (Fsp3) is 0.588. The topological polar surface area (TPSA) is 92.8 Å². The number of thiazole rings is 1. The highest BCUT2D eigenvalue weighted by Crippen LogP contribution is 2.39. The van der Waals surface area contributed by atoms with Crippen molar-refractivity contribution >= 4 is 40.6 Å². The van der Waals surface area contributed by atoms with Gasteiger partial charge in [0.15, 0.2) is 5.79 Å². The lowest BCUT2D eigenvalue weighted by molar-refractivity contribution is -0.188. The van der Waals surface area contributed by atoms with Gasteiger partial charge in [-0.3, -0.25) is 9.59 Å². The normalized spacial score (nSPS) is 26.7. The summed E-state index contributed by atoms with van der Waals surface area (Å²) in [7, 11) is 0. The molecule has 3 aliphatic heterocycles. The van der Waals surface area contributed by atoms with Crippen LogP contribution < -0.4 is 10.6 Å². The molecule has 2 saturated heterocycles. The van der Waals surface area contributed by atoms with Crippen molar-refractivity contribution in [2.45, 2.75) is 37.5 Å². The standard InChI is InChI=1S/C17H22N4O4S2/c1-11-14(26-10-18-11)13-9-27-17(20-13,19-12(2)22)15(23)21-5-3-16(4-6-21)24-7-8-25-16/h9-10,20H,3-8H2,1-2H3,(H,19,22). The molecule has 0 bridgehead atoms. The molecular formula is C17H22N4O4S2. The molecule has 1 aromatic rings. The van der Waals surface area contributed by atoms with E-state index in [9.17, 15) is 9.59 Å². The Balaban J connectivity index is 1.50. The molecule has 3 aliphatic rings. The number of nitrogens with zero attached hydrogens (tertiary/aromatic N) is 2. The highest BCUT2D eigenvalue weighted by atomic mass is 32.2. The number of aromatic nitrogens is 1. The van der Waals surface area contributed by atoms with Gasteiger partial charge < -0.3 is 25.0 Å². The molecule has 0 saturated carbocycles. The molecule has 4 rings (SSSR count). The zero-order valence-corrected chi connectivity index (χ0v) is 16.9. The van der Waals surface area contributed by atoms with Crippen LogP contribution in [0.1, 0.15) is 30.3 Å². The molecule has 2 amide bonds. The summed E-state index contributed by atoms with van der Waals surface area (Å²) in [6.07, 6.45) is 1.27. The highest BCUT2D eigenvalue weighted by molar-refractivity contribution is 8.04. The number of amides is 2. The van der Waals surface area contributed by atoms with Crippen LogP contribution in [-0.4, -0.2) is 58.8 Å². The maximum absolute atomic E-state index is 13.4. The van der Waals surface area contributed by atoms with Crippen LogP contribution in [0.3, 0.4) is 0 Å². The number of carbonyl (C=O) groups excluding carboxylic acids is 2. The van der Waals surface area contributed by atoms with Gasteiger partial charge in [0.2, 0.25) is 10.9 Å². The fourth-order valence-corrected chi connectivity index (χ4v) is 5.52. The van der Waals surface area contributed by atoms with Gasteiger partial charge in [-0.2, -0.15) is 0 Å². The van der Waals surface area contributed by atoms with Gasteiger partial charge in [-0.05, 0) is 6.92 Å². The van der Waals surface area contributed by atoms with E-state index in [0.717, 1.165) is 16.3 Å². The van der Waals surface area contributed by atoms with E-state index in [-0.39, 0.29) is 11.8 Å². The van der Waals surface area contributed by atoms with Crippen molar-refractivity contribution in [2.24, 2.45) is 0 Å². The minimum Gasteiger partial charge on any atom is -0.347 e. The van der Waals surface area contributed by atoms with Crippen molar-refractivity contribution in [2.75, 3.05) is 26.3 Å². The maximum Gasteiger partial charge on any atom is 0.280 e. The van der Waals surface area contributed by atoms with Crippen LogP contribution in [0.5, 0.6) is 0 Å². The number of ether oxygens (including phenoxy) is 2. The van der Waals surface area contributed by atoms with E-state index in [1.807, 2.05) is 12.3 Å². The van der Waals surface area contributed by atoms with E-state index in [1.54, 1.807) is 10.4 Å². The van der Waals surface area contributed by atoms with Crippen LogP contribution in [-0.2, 0) is 19.1 Å². The Hall–Kier alpha value is -1.62. The van der Waals surface area contributed by atoms with E-state index in [0.29, 0.717) is 39.1 Å². The molecular weight excluding hydrogens is 388 g/mol. The molecule has 4 heterocycles. The van der Waals surface area contributed by atoms with Crippen LogP contribution >= 0.6 is 23.1 Å². The first-order valence-electron chi connectivity index (χ1n) is 8.86. The average Bonchev–Trinajstić information content (AvgIpc) is 3.36. The number of hydrogen-bond donors (Lipinski definition) is 2. The molecule has 8 nitrogen and oxygen atoms in total. The lowest BCUT2D eigenvalue weighted by atomic mass is 10.0. The van der Waals surface area contributed by atoms with Crippen molar-refractivity contribution in [3.8, 4) is 0 Å². The van der Waals surface area contributed by atoms with Crippen molar-refractivity contribution in [3.05, 3.63) is 21.5 Å². The molecule has 1 spiro atoms. The molecule has 27 heavy (non-hydrogen) atoms. The summed E-state index contributed by atoms with van der Waals surface area (Å²) in [6, 6.07) is 0. The number of likely N-dealkylation sites (tertiary alicyclic amines) is 1. The van der Waals surface area contributed by atoms with Crippen molar-refractivity contribution < 1.29 is 19.1 Å². The third-order valence-corrected chi connectivity index (χ3v) is 6.98. The average molecular weight is 411 g/mol. The molecule has 10 heteroatoms. The van der Waals surface area contributed by atoms with Crippen LogP contribution in [0.25, 0.3) is 5.70 Å². The van der Waals surface area contributed by atoms with E-state index in [2.05, 4.69) is 15.6 Å². The van der Waals surface area contributed by atoms with Crippen LogP contribution in [0.4, 0.5) is 0 Å². The van der Waals surface area contributed by atoms with Crippen molar-refractivity contribution in [1.82, 2.24) is 20.5 Å². The second-order valence-corrected chi connectivity index (χ2v) is 8.74. The van der Waals surface area contributed by atoms with Crippen molar-refractivity contribution in [1.29, 1.82) is 0 Å². The number of carbonyl (C=O) groups is 2. The molecule has 1 atom stereocenters. The molecule has 146 valence electrons. The molecule has 0 aliphatic carbocycles. The fourth-order valence-electron chi connectivity index (χ4n) is 3.59. The van der Waals surface area contributed by atoms with Gasteiger partial charge in [0, 0.05) is 38.3 Å². The predicted octanol–water partition coefficient (Wildman–Crippen LogP) is 1.24. The Morgan fingerprint density at radius 2 is 2.00 bits per heavy atom. The molecule has 2 fully saturated rings. The predicted molar refractivity (Wildman–Crippen MR) is 103 cm³/mol. The smallest absolute Gasteiger partial charge is 0.280 e. The van der Waals surface area contributed by atoms with Crippen LogP contribution in [0.2, 0.25) is 0 Å². The second kappa shape index (κ2) is 7.08. The summed E-state index contributed by atoms with van der Waals surface area (Å²) in [5.41, 5.74) is 3.46. The van der Waals surface area contributed by atoms with E-state index in [4.69, 9.17) is 9.47 Å². The molecule has 0 radical (unpaired) electrons. The van der Waals surface area contributed by atoms with Gasteiger partial charge in [0.05, 0.1) is 35.0 Å². The van der Waals surface area contributed by atoms with Crippen LogP contribution in [0.15, 0.2) is 10.9 Å². The zero-order valence-electron chi connectivity index (χ0n) is 15.2. The number of nitrogens with one attached hydrogen (secondary N) is 2. The largest absolute Gasteiger partial charge is 0.347 e. The summed E-state index contributed by atoms with van der Waals surface area (Å²) in [5.74, 6) is -0.976. The minimum atomic E-state index is -1.24. The third kappa shape index (κ3) is 3.46. The van der Waals surface area contributed by atoms with Gasteiger partial charge in [-0.15, -0.1) is 11.3 Å². The summed E-state index contributed by atoms with van der Waals surface area (Å²) in [4.78, 5) is 31.0. The lowest BCUT2D eigenvalue weighted by Gasteiger charge is -2.41. The Morgan fingerprint density at radius 1 is 1.30 bits per heavy atom. The minimum absolute atomic E-state index is 0.163. The number of aryl methyl sites for hydroxylation is 1.